The van der Waals surface area contributed by atoms with Crippen molar-refractivity contribution < 1.29 is 13.5 Å². The Kier molecular flexibility index (Phi) is 3.94. The number of β-amino-alcohol motifs (C(OH)–C–C–N with tert-alkyl or cyclic N) is 1. The average Bonchev–Trinajstić information content (AvgIpc) is 2.64. The summed E-state index contributed by atoms with van der Waals surface area (Å²) in [7, 11) is -3.51. The molecule has 1 N–H and O–H groups in total. The first-order valence-electron chi connectivity index (χ1n) is 5.04. The molecule has 1 atom stereocenters. The monoisotopic (exact) mass is 383 g/mol. The second-order valence-corrected chi connectivity index (χ2v) is 7.56. The molecule has 1 aliphatic heterocycles. The van der Waals surface area contributed by atoms with Crippen LogP contribution in [-0.4, -0.2) is 37.0 Å². The maximum absolute atomic E-state index is 12.3. The van der Waals surface area contributed by atoms with Gasteiger partial charge in [0.25, 0.3) is 0 Å². The zero-order valence-corrected chi connectivity index (χ0v) is 12.8. The molecule has 0 amide bonds. The number of hydrogen-bond donors (Lipinski definition) is 1. The molecule has 0 aromatic heterocycles. The summed E-state index contributed by atoms with van der Waals surface area (Å²) in [5, 5.41) is 9.40. The predicted octanol–water partition coefficient (Wildman–Crippen LogP) is 1.97. The molecule has 1 heterocycles. The molecule has 1 aliphatic rings. The molecule has 0 bridgehead atoms. The van der Waals surface area contributed by atoms with E-state index in [2.05, 4.69) is 31.9 Å². The van der Waals surface area contributed by atoms with E-state index in [9.17, 15) is 13.5 Å². The van der Waals surface area contributed by atoms with Crippen molar-refractivity contribution in [2.75, 3.05) is 13.1 Å². The lowest BCUT2D eigenvalue weighted by Gasteiger charge is -2.16. The zero-order valence-electron chi connectivity index (χ0n) is 8.81. The minimum Gasteiger partial charge on any atom is -0.392 e. The topological polar surface area (TPSA) is 57.6 Å². The van der Waals surface area contributed by atoms with Gasteiger partial charge in [-0.3, -0.25) is 0 Å². The Morgan fingerprint density at radius 2 is 2.06 bits per heavy atom. The molecule has 0 radical (unpaired) electrons. The van der Waals surface area contributed by atoms with Crippen molar-refractivity contribution in [2.24, 2.45) is 0 Å². The van der Waals surface area contributed by atoms with E-state index >= 15 is 0 Å². The predicted molar refractivity (Wildman–Crippen MR) is 71.2 cm³/mol. The highest BCUT2D eigenvalue weighted by Crippen LogP contribution is 2.29. The van der Waals surface area contributed by atoms with Crippen LogP contribution in [0.1, 0.15) is 6.42 Å². The quantitative estimate of drug-likeness (QED) is 0.847. The third kappa shape index (κ3) is 2.73. The Hall–Kier alpha value is 0.0500. The van der Waals surface area contributed by atoms with Crippen LogP contribution in [0.5, 0.6) is 0 Å². The normalized spacial score (nSPS) is 21.9. The lowest BCUT2D eigenvalue weighted by Crippen LogP contribution is -2.29. The summed E-state index contributed by atoms with van der Waals surface area (Å²) in [6.07, 6.45) is -0.0631. The van der Waals surface area contributed by atoms with Gasteiger partial charge < -0.3 is 5.11 Å². The largest absolute Gasteiger partial charge is 0.392 e. The first-order valence-corrected chi connectivity index (χ1v) is 8.07. The molecular formula is C10H11Br2NO3S. The number of aliphatic hydroxyl groups is 1. The van der Waals surface area contributed by atoms with Crippen molar-refractivity contribution in [1.82, 2.24) is 4.31 Å². The molecule has 0 spiro atoms. The standard InChI is InChI=1S/C10H11Br2NO3S/c11-7-1-2-10(9(12)5-7)17(15,16)13-4-3-8(14)6-13/h1-2,5,8,14H,3-4,6H2/t8-/m0/s1. The zero-order chi connectivity index (χ0) is 12.6. The highest BCUT2D eigenvalue weighted by Gasteiger charge is 2.32. The van der Waals surface area contributed by atoms with Gasteiger partial charge in [0.15, 0.2) is 0 Å². The number of aliphatic hydroxyl groups excluding tert-OH is 1. The third-order valence-electron chi connectivity index (χ3n) is 2.64. The van der Waals surface area contributed by atoms with E-state index in [1.807, 2.05) is 0 Å². The average molecular weight is 385 g/mol. The summed E-state index contributed by atoms with van der Waals surface area (Å²) in [5.41, 5.74) is 0. The van der Waals surface area contributed by atoms with Crippen molar-refractivity contribution in [3.63, 3.8) is 0 Å². The van der Waals surface area contributed by atoms with Crippen LogP contribution in [0, 0.1) is 0 Å². The van der Waals surface area contributed by atoms with Crippen LogP contribution in [0.3, 0.4) is 0 Å². The summed E-state index contributed by atoms with van der Waals surface area (Å²) in [4.78, 5) is 0.231. The van der Waals surface area contributed by atoms with E-state index in [1.54, 1.807) is 18.2 Å². The van der Waals surface area contributed by atoms with Crippen LogP contribution in [0.2, 0.25) is 0 Å². The molecule has 1 aromatic rings. The van der Waals surface area contributed by atoms with Gasteiger partial charge in [-0.15, -0.1) is 0 Å². The van der Waals surface area contributed by atoms with Crippen LogP contribution >= 0.6 is 31.9 Å². The summed E-state index contributed by atoms with van der Waals surface area (Å²) in [6.45, 7) is 0.539. The van der Waals surface area contributed by atoms with E-state index in [-0.39, 0.29) is 11.4 Å². The smallest absolute Gasteiger partial charge is 0.244 e. The van der Waals surface area contributed by atoms with E-state index < -0.39 is 16.1 Å². The molecule has 94 valence electrons. The Morgan fingerprint density at radius 3 is 2.59 bits per heavy atom. The number of sulfonamides is 1. The number of hydrogen-bond acceptors (Lipinski definition) is 3. The molecule has 7 heteroatoms. The maximum Gasteiger partial charge on any atom is 0.244 e. The summed E-state index contributed by atoms with van der Waals surface area (Å²) in [5.74, 6) is 0. The Bertz CT molecular complexity index is 532. The van der Waals surface area contributed by atoms with Gasteiger partial charge in [-0.1, -0.05) is 15.9 Å². The highest BCUT2D eigenvalue weighted by atomic mass is 79.9. The molecule has 1 saturated heterocycles. The van der Waals surface area contributed by atoms with Gasteiger partial charge in [0.05, 0.1) is 11.0 Å². The van der Waals surface area contributed by atoms with Crippen molar-refractivity contribution >= 4 is 41.9 Å². The molecule has 4 nitrogen and oxygen atoms in total. The summed E-state index contributed by atoms with van der Waals surface area (Å²) in [6, 6.07) is 4.93. The Labute approximate surface area is 117 Å². The van der Waals surface area contributed by atoms with Gasteiger partial charge >= 0.3 is 0 Å². The van der Waals surface area contributed by atoms with Gasteiger partial charge in [0, 0.05) is 22.0 Å². The molecule has 1 fully saturated rings. The molecule has 0 aliphatic carbocycles. The SMILES string of the molecule is O=S(=O)(c1ccc(Br)cc1Br)N1CC[C@H](O)C1. The van der Waals surface area contributed by atoms with Gasteiger partial charge in [0.2, 0.25) is 10.0 Å². The van der Waals surface area contributed by atoms with Gasteiger partial charge in [0.1, 0.15) is 0 Å². The van der Waals surface area contributed by atoms with Crippen LogP contribution in [-0.2, 0) is 10.0 Å². The first kappa shape index (κ1) is 13.5. The van der Waals surface area contributed by atoms with Gasteiger partial charge in [-0.25, -0.2) is 8.42 Å². The fourth-order valence-corrected chi connectivity index (χ4v) is 4.95. The molecule has 17 heavy (non-hydrogen) atoms. The number of halogens is 2. The molecule has 1 aromatic carbocycles. The van der Waals surface area contributed by atoms with E-state index in [0.29, 0.717) is 17.4 Å². The molecule has 2 rings (SSSR count). The lowest BCUT2D eigenvalue weighted by atomic mass is 10.3. The minimum atomic E-state index is -3.51. The second-order valence-electron chi connectivity index (χ2n) is 3.88. The minimum absolute atomic E-state index is 0.171. The van der Waals surface area contributed by atoms with Crippen LogP contribution in [0.15, 0.2) is 32.0 Å². The number of rotatable bonds is 2. The number of benzene rings is 1. The Morgan fingerprint density at radius 1 is 1.35 bits per heavy atom. The summed E-state index contributed by atoms with van der Waals surface area (Å²) < 4.78 is 27.2. The number of nitrogens with zero attached hydrogens (tertiary/aromatic N) is 1. The van der Waals surface area contributed by atoms with Crippen LogP contribution in [0.4, 0.5) is 0 Å². The fraction of sp³-hybridized carbons (Fsp3) is 0.400. The molecule has 0 unspecified atom stereocenters. The molecular weight excluding hydrogens is 374 g/mol. The second kappa shape index (κ2) is 4.97. The molecule has 0 saturated carbocycles. The van der Waals surface area contributed by atoms with Gasteiger partial charge in [-0.05, 0) is 40.5 Å². The van der Waals surface area contributed by atoms with Crippen molar-refractivity contribution in [2.45, 2.75) is 17.4 Å². The maximum atomic E-state index is 12.3. The first-order chi connectivity index (χ1) is 7.91. The van der Waals surface area contributed by atoms with E-state index in [1.165, 1.54) is 4.31 Å². The van der Waals surface area contributed by atoms with Crippen molar-refractivity contribution in [3.05, 3.63) is 27.1 Å². The van der Waals surface area contributed by atoms with Gasteiger partial charge in [-0.2, -0.15) is 4.31 Å². The summed E-state index contributed by atoms with van der Waals surface area (Å²) >= 11 is 6.52. The van der Waals surface area contributed by atoms with Crippen LogP contribution in [0.25, 0.3) is 0 Å². The third-order valence-corrected chi connectivity index (χ3v) is 5.97. The Balaban J connectivity index is 2.38. The van der Waals surface area contributed by atoms with Crippen molar-refractivity contribution in [3.8, 4) is 0 Å². The van der Waals surface area contributed by atoms with E-state index in [0.717, 1.165) is 4.47 Å². The fourth-order valence-electron chi connectivity index (χ4n) is 1.75. The lowest BCUT2D eigenvalue weighted by molar-refractivity contribution is 0.189. The van der Waals surface area contributed by atoms with Crippen molar-refractivity contribution in [1.29, 1.82) is 0 Å². The van der Waals surface area contributed by atoms with E-state index in [4.69, 9.17) is 0 Å². The highest BCUT2D eigenvalue weighted by molar-refractivity contribution is 9.11. The van der Waals surface area contributed by atoms with Crippen LogP contribution < -0.4 is 0 Å².